The summed E-state index contributed by atoms with van der Waals surface area (Å²) in [5.41, 5.74) is -2.62. The minimum absolute atomic E-state index is 0.189. The quantitative estimate of drug-likeness (QED) is 0.648. The lowest BCUT2D eigenvalue weighted by Gasteiger charge is -2.32. The molecule has 7 nitrogen and oxygen atoms in total. The third-order valence-electron chi connectivity index (χ3n) is 4.62. The Morgan fingerprint density at radius 1 is 0.923 bits per heavy atom. The summed E-state index contributed by atoms with van der Waals surface area (Å²) in [5, 5.41) is 16.0. The number of aliphatic hydroxyl groups is 1. The summed E-state index contributed by atoms with van der Waals surface area (Å²) in [7, 11) is 3.18. The molecule has 3 N–H and O–H groups in total. The monoisotopic (exact) mass is 406 g/mol. The fourth-order valence-corrected chi connectivity index (χ4v) is 3.98. The topological polar surface area (TPSA) is 103 Å². The third-order valence-corrected chi connectivity index (χ3v) is 7.75. The summed E-state index contributed by atoms with van der Waals surface area (Å²) < 4.78 is 11.8. The van der Waals surface area contributed by atoms with E-state index in [0.29, 0.717) is 10.3 Å². The molecule has 2 saturated heterocycles. The zero-order chi connectivity index (χ0) is 20.6. The summed E-state index contributed by atoms with van der Waals surface area (Å²) >= 11 is 2.41. The highest BCUT2D eigenvalue weighted by molar-refractivity contribution is 8.16. The number of alkyl halides is 1. The van der Waals surface area contributed by atoms with Crippen molar-refractivity contribution in [1.29, 1.82) is 0 Å². The van der Waals surface area contributed by atoms with Gasteiger partial charge >= 0.3 is 0 Å². The SMILES string of the molecule is CN=C1NC(=O)C(C)(C(C)(C)F)S1.CN=C1NC(=O)C(C)(C(C)(C)O)S1. The Labute approximate surface area is 162 Å². The van der Waals surface area contributed by atoms with E-state index in [4.69, 9.17) is 0 Å². The largest absolute Gasteiger partial charge is 0.388 e. The first-order valence-corrected chi connectivity index (χ1v) is 9.61. The zero-order valence-electron chi connectivity index (χ0n) is 16.4. The molecule has 2 unspecified atom stereocenters. The Kier molecular flexibility index (Phi) is 6.59. The summed E-state index contributed by atoms with van der Waals surface area (Å²) in [4.78, 5) is 30.7. The highest BCUT2D eigenvalue weighted by Gasteiger charge is 2.54. The first-order valence-electron chi connectivity index (χ1n) is 7.98. The van der Waals surface area contributed by atoms with Crippen LogP contribution in [0.1, 0.15) is 41.5 Å². The number of halogens is 1. The molecule has 26 heavy (non-hydrogen) atoms. The van der Waals surface area contributed by atoms with Gasteiger partial charge in [0.25, 0.3) is 0 Å². The molecule has 2 fully saturated rings. The molecule has 10 heteroatoms. The van der Waals surface area contributed by atoms with E-state index >= 15 is 0 Å². The number of nitrogens with zero attached hydrogens (tertiary/aromatic N) is 2. The van der Waals surface area contributed by atoms with Crippen molar-refractivity contribution in [3.05, 3.63) is 0 Å². The van der Waals surface area contributed by atoms with Crippen LogP contribution >= 0.6 is 23.5 Å². The van der Waals surface area contributed by atoms with Crippen molar-refractivity contribution < 1.29 is 19.1 Å². The van der Waals surface area contributed by atoms with Crippen LogP contribution in [0.25, 0.3) is 0 Å². The molecule has 0 saturated carbocycles. The second-order valence-corrected chi connectivity index (χ2v) is 10.1. The van der Waals surface area contributed by atoms with Crippen LogP contribution in [0.3, 0.4) is 0 Å². The van der Waals surface area contributed by atoms with E-state index in [0.717, 1.165) is 11.8 Å². The van der Waals surface area contributed by atoms with Crippen molar-refractivity contribution in [3.8, 4) is 0 Å². The number of nitrogens with one attached hydrogen (secondary N) is 2. The van der Waals surface area contributed by atoms with Gasteiger partial charge in [0.2, 0.25) is 11.8 Å². The van der Waals surface area contributed by atoms with Crippen LogP contribution in [0.4, 0.5) is 4.39 Å². The molecule has 0 aromatic heterocycles. The number of carbonyl (C=O) groups excluding carboxylic acids is 2. The zero-order valence-corrected chi connectivity index (χ0v) is 18.0. The molecule has 0 aliphatic carbocycles. The molecule has 0 aromatic rings. The summed E-state index contributed by atoms with van der Waals surface area (Å²) in [6.45, 7) is 9.35. The molecular formula is C16H27FN4O3S2. The number of hydrogen-bond acceptors (Lipinski definition) is 7. The second kappa shape index (κ2) is 7.47. The van der Waals surface area contributed by atoms with Crippen LogP contribution in [-0.4, -0.2) is 62.1 Å². The van der Waals surface area contributed by atoms with E-state index in [1.165, 1.54) is 25.6 Å². The fourth-order valence-electron chi connectivity index (χ4n) is 1.96. The van der Waals surface area contributed by atoms with Crippen LogP contribution in [-0.2, 0) is 9.59 Å². The van der Waals surface area contributed by atoms with Gasteiger partial charge in [-0.2, -0.15) is 0 Å². The van der Waals surface area contributed by atoms with E-state index < -0.39 is 20.8 Å². The predicted molar refractivity (Wildman–Crippen MR) is 106 cm³/mol. The van der Waals surface area contributed by atoms with E-state index in [-0.39, 0.29) is 11.8 Å². The standard InChI is InChI=1S/C8H13FN2OS.C8H14N2O2S/c1-7(2,9)8(3)5(12)11-6(10-4)13-8;1-7(2,12)8(3)5(11)10-6(9-4)13-8/h1-4H3,(H,10,11,12);12H,1-4H3,(H,9,10,11). The molecule has 2 atom stereocenters. The lowest BCUT2D eigenvalue weighted by molar-refractivity contribution is -0.126. The highest BCUT2D eigenvalue weighted by Crippen LogP contribution is 2.42. The van der Waals surface area contributed by atoms with E-state index in [9.17, 15) is 19.1 Å². The van der Waals surface area contributed by atoms with Gasteiger partial charge in [-0.05, 0) is 41.5 Å². The van der Waals surface area contributed by atoms with Crippen molar-refractivity contribution in [3.63, 3.8) is 0 Å². The number of amides is 2. The molecule has 148 valence electrons. The third kappa shape index (κ3) is 4.23. The smallest absolute Gasteiger partial charge is 0.245 e. The minimum atomic E-state index is -1.56. The average Bonchev–Trinajstić information content (AvgIpc) is 2.97. The predicted octanol–water partition coefficient (Wildman–Crippen LogP) is 1.71. The van der Waals surface area contributed by atoms with Crippen LogP contribution in [0.15, 0.2) is 9.98 Å². The number of carbonyl (C=O) groups is 2. The van der Waals surface area contributed by atoms with Crippen LogP contribution in [0.2, 0.25) is 0 Å². The molecule has 2 rings (SSSR count). The van der Waals surface area contributed by atoms with E-state index in [1.807, 2.05) is 0 Å². The minimum Gasteiger partial charge on any atom is -0.388 e. The van der Waals surface area contributed by atoms with Gasteiger partial charge in [-0.15, -0.1) is 0 Å². The number of aliphatic imine (C=N–C) groups is 2. The van der Waals surface area contributed by atoms with Crippen LogP contribution in [0.5, 0.6) is 0 Å². The molecule has 0 bridgehead atoms. The highest BCUT2D eigenvalue weighted by atomic mass is 32.2. The number of amidine groups is 2. The summed E-state index contributed by atoms with van der Waals surface area (Å²) in [5.74, 6) is -0.504. The van der Waals surface area contributed by atoms with E-state index in [2.05, 4.69) is 20.6 Å². The maximum atomic E-state index is 13.7. The Hall–Kier alpha value is -1.13. The van der Waals surface area contributed by atoms with Gasteiger partial charge in [0, 0.05) is 14.1 Å². The number of hydrogen-bond donors (Lipinski definition) is 3. The molecule has 2 amide bonds. The average molecular weight is 407 g/mol. The van der Waals surface area contributed by atoms with Gasteiger partial charge in [-0.1, -0.05) is 23.5 Å². The van der Waals surface area contributed by atoms with Gasteiger partial charge < -0.3 is 15.7 Å². The van der Waals surface area contributed by atoms with Crippen molar-refractivity contribution in [2.45, 2.75) is 62.3 Å². The van der Waals surface area contributed by atoms with Crippen LogP contribution in [0, 0.1) is 0 Å². The normalized spacial score (nSPS) is 32.4. The second-order valence-electron chi connectivity index (χ2n) is 7.27. The van der Waals surface area contributed by atoms with Crippen LogP contribution < -0.4 is 10.6 Å². The Morgan fingerprint density at radius 2 is 1.27 bits per heavy atom. The Morgan fingerprint density at radius 3 is 1.46 bits per heavy atom. The number of rotatable bonds is 2. The van der Waals surface area contributed by atoms with Gasteiger partial charge in [0.1, 0.15) is 15.2 Å². The van der Waals surface area contributed by atoms with Crippen molar-refractivity contribution in [1.82, 2.24) is 10.6 Å². The Bertz CT molecular complexity index is 599. The molecule has 0 spiro atoms. The fraction of sp³-hybridized carbons (Fsp3) is 0.750. The Balaban J connectivity index is 0.000000260. The molecule has 0 radical (unpaired) electrons. The lowest BCUT2D eigenvalue weighted by atomic mass is 9.91. The molecular weight excluding hydrogens is 379 g/mol. The van der Waals surface area contributed by atoms with E-state index in [1.54, 1.807) is 41.8 Å². The van der Waals surface area contributed by atoms with Gasteiger partial charge in [-0.25, -0.2) is 4.39 Å². The number of thioether (sulfide) groups is 2. The summed E-state index contributed by atoms with van der Waals surface area (Å²) in [6.07, 6.45) is 0. The van der Waals surface area contributed by atoms with Gasteiger partial charge in [-0.3, -0.25) is 19.6 Å². The molecule has 0 aromatic carbocycles. The molecule has 2 aliphatic heterocycles. The summed E-state index contributed by atoms with van der Waals surface area (Å²) in [6, 6.07) is 0. The molecule has 2 aliphatic rings. The van der Waals surface area contributed by atoms with Crippen molar-refractivity contribution in [2.75, 3.05) is 14.1 Å². The maximum Gasteiger partial charge on any atom is 0.245 e. The van der Waals surface area contributed by atoms with Gasteiger partial charge in [0.15, 0.2) is 10.3 Å². The van der Waals surface area contributed by atoms with Crippen molar-refractivity contribution in [2.24, 2.45) is 9.98 Å². The maximum absolute atomic E-state index is 13.7. The lowest BCUT2D eigenvalue weighted by Crippen LogP contribution is -2.50. The molecule has 2 heterocycles. The first kappa shape index (κ1) is 22.9. The first-order chi connectivity index (χ1) is 11.6. The van der Waals surface area contributed by atoms with Gasteiger partial charge in [0.05, 0.1) is 5.60 Å². The van der Waals surface area contributed by atoms with Crippen molar-refractivity contribution >= 4 is 45.7 Å².